The summed E-state index contributed by atoms with van der Waals surface area (Å²) in [6.45, 7) is 0. The average Bonchev–Trinajstić information content (AvgIpc) is 3.05. The Labute approximate surface area is 122 Å². The molecule has 0 bridgehead atoms. The number of benzene rings is 1. The number of nitrogens with zero attached hydrogens (tertiary/aromatic N) is 3. The summed E-state index contributed by atoms with van der Waals surface area (Å²) in [5.74, 6) is 1.25. The van der Waals surface area contributed by atoms with Crippen molar-refractivity contribution in [3.8, 4) is 0 Å². The van der Waals surface area contributed by atoms with Crippen LogP contribution < -0.4 is 0 Å². The number of fused-ring (bicyclic) bond motifs is 1. The van der Waals surface area contributed by atoms with Crippen molar-refractivity contribution in [1.82, 2.24) is 14.6 Å². The Bertz CT molecular complexity index is 751. The summed E-state index contributed by atoms with van der Waals surface area (Å²) in [6, 6.07) is 12.6. The van der Waals surface area contributed by atoms with Gasteiger partial charge in [-0.05, 0) is 36.3 Å². The van der Waals surface area contributed by atoms with Gasteiger partial charge in [0, 0.05) is 18.0 Å². The SMILES string of the molecule is Clc1cc(C2C[C@@H]2Cc2ccccc2)c2nccn2n1. The van der Waals surface area contributed by atoms with Gasteiger partial charge >= 0.3 is 0 Å². The van der Waals surface area contributed by atoms with Gasteiger partial charge in [0.25, 0.3) is 0 Å². The number of hydrogen-bond donors (Lipinski definition) is 0. The van der Waals surface area contributed by atoms with Gasteiger partial charge < -0.3 is 0 Å². The Morgan fingerprint density at radius 2 is 2.10 bits per heavy atom. The maximum absolute atomic E-state index is 6.10. The highest BCUT2D eigenvalue weighted by Gasteiger charge is 2.39. The first-order valence-electron chi connectivity index (χ1n) is 6.85. The van der Waals surface area contributed by atoms with E-state index in [1.807, 2.05) is 12.3 Å². The van der Waals surface area contributed by atoms with E-state index in [1.54, 1.807) is 10.7 Å². The predicted molar refractivity (Wildman–Crippen MR) is 79.0 cm³/mol. The molecule has 2 aromatic heterocycles. The monoisotopic (exact) mass is 283 g/mol. The summed E-state index contributed by atoms with van der Waals surface area (Å²) in [7, 11) is 0. The lowest BCUT2D eigenvalue weighted by Crippen LogP contribution is -1.97. The van der Waals surface area contributed by atoms with Crippen LogP contribution >= 0.6 is 11.6 Å². The minimum atomic E-state index is 0.538. The van der Waals surface area contributed by atoms with Crippen LogP contribution in [0.25, 0.3) is 5.65 Å². The molecule has 1 saturated carbocycles. The Morgan fingerprint density at radius 1 is 1.25 bits per heavy atom. The summed E-state index contributed by atoms with van der Waals surface area (Å²) < 4.78 is 1.77. The van der Waals surface area contributed by atoms with Gasteiger partial charge in [-0.25, -0.2) is 9.50 Å². The molecule has 1 aliphatic carbocycles. The van der Waals surface area contributed by atoms with Crippen molar-refractivity contribution in [1.29, 1.82) is 0 Å². The molecule has 0 amide bonds. The van der Waals surface area contributed by atoms with Crippen LogP contribution in [0, 0.1) is 5.92 Å². The second-order valence-electron chi connectivity index (χ2n) is 5.41. The highest BCUT2D eigenvalue weighted by atomic mass is 35.5. The summed E-state index contributed by atoms with van der Waals surface area (Å²) >= 11 is 6.10. The molecular weight excluding hydrogens is 270 g/mol. The fourth-order valence-electron chi connectivity index (χ4n) is 2.95. The topological polar surface area (TPSA) is 30.2 Å². The lowest BCUT2D eigenvalue weighted by Gasteiger charge is -2.04. The van der Waals surface area contributed by atoms with E-state index in [-0.39, 0.29) is 0 Å². The molecule has 4 rings (SSSR count). The van der Waals surface area contributed by atoms with E-state index in [2.05, 4.69) is 40.4 Å². The van der Waals surface area contributed by atoms with Gasteiger partial charge in [0.1, 0.15) is 5.15 Å². The molecule has 3 nitrogen and oxygen atoms in total. The van der Waals surface area contributed by atoms with Crippen molar-refractivity contribution < 1.29 is 0 Å². The average molecular weight is 284 g/mol. The van der Waals surface area contributed by atoms with Crippen molar-refractivity contribution in [2.75, 3.05) is 0 Å². The van der Waals surface area contributed by atoms with Crippen molar-refractivity contribution in [2.45, 2.75) is 18.8 Å². The Hall–Kier alpha value is -1.87. The Kier molecular flexibility index (Phi) is 2.74. The molecule has 2 heterocycles. The second kappa shape index (κ2) is 4.60. The van der Waals surface area contributed by atoms with Crippen LogP contribution in [0.3, 0.4) is 0 Å². The molecule has 2 atom stereocenters. The third kappa shape index (κ3) is 2.08. The van der Waals surface area contributed by atoms with Crippen molar-refractivity contribution in [3.05, 3.63) is 65.1 Å². The van der Waals surface area contributed by atoms with E-state index in [4.69, 9.17) is 11.6 Å². The molecule has 1 aliphatic rings. The van der Waals surface area contributed by atoms with E-state index in [9.17, 15) is 0 Å². The molecule has 0 N–H and O–H groups in total. The third-order valence-corrected chi connectivity index (χ3v) is 4.21. The smallest absolute Gasteiger partial charge is 0.157 e. The molecule has 4 heteroatoms. The first kappa shape index (κ1) is 11.9. The summed E-state index contributed by atoms with van der Waals surface area (Å²) in [5.41, 5.74) is 3.57. The van der Waals surface area contributed by atoms with Crippen LogP contribution in [0.1, 0.15) is 23.5 Å². The van der Waals surface area contributed by atoms with Crippen molar-refractivity contribution in [2.24, 2.45) is 5.92 Å². The number of hydrogen-bond acceptors (Lipinski definition) is 2. The quantitative estimate of drug-likeness (QED) is 0.733. The van der Waals surface area contributed by atoms with Gasteiger partial charge in [0.05, 0.1) is 0 Å². The van der Waals surface area contributed by atoms with Crippen LogP contribution in [0.5, 0.6) is 0 Å². The minimum Gasteiger partial charge on any atom is -0.235 e. The zero-order valence-corrected chi connectivity index (χ0v) is 11.7. The van der Waals surface area contributed by atoms with E-state index in [0.717, 1.165) is 12.1 Å². The van der Waals surface area contributed by atoms with Gasteiger partial charge in [-0.15, -0.1) is 0 Å². The fraction of sp³-hybridized carbons (Fsp3) is 0.250. The number of rotatable bonds is 3. The Balaban J connectivity index is 1.61. The fourth-order valence-corrected chi connectivity index (χ4v) is 3.15. The number of imidazole rings is 1. The first-order valence-corrected chi connectivity index (χ1v) is 7.23. The molecule has 0 saturated heterocycles. The summed E-state index contributed by atoms with van der Waals surface area (Å²) in [4.78, 5) is 4.40. The van der Waals surface area contributed by atoms with Gasteiger partial charge in [-0.3, -0.25) is 0 Å². The van der Waals surface area contributed by atoms with Gasteiger partial charge in [0.2, 0.25) is 0 Å². The third-order valence-electron chi connectivity index (χ3n) is 4.02. The number of halogens is 1. The summed E-state index contributed by atoms with van der Waals surface area (Å²) in [6.07, 6.45) is 5.95. The van der Waals surface area contributed by atoms with E-state index in [0.29, 0.717) is 17.0 Å². The second-order valence-corrected chi connectivity index (χ2v) is 5.80. The largest absolute Gasteiger partial charge is 0.235 e. The van der Waals surface area contributed by atoms with Crippen LogP contribution in [0.15, 0.2) is 48.8 Å². The molecular formula is C16H14ClN3. The summed E-state index contributed by atoms with van der Waals surface area (Å²) in [5, 5.41) is 4.77. The maximum atomic E-state index is 6.10. The lowest BCUT2D eigenvalue weighted by atomic mass is 10.1. The van der Waals surface area contributed by atoms with Crippen molar-refractivity contribution >= 4 is 17.2 Å². The van der Waals surface area contributed by atoms with Gasteiger partial charge in [-0.2, -0.15) is 5.10 Å². The predicted octanol–water partition coefficient (Wildman–Crippen LogP) is 3.73. The molecule has 0 spiro atoms. The molecule has 1 unspecified atom stereocenters. The molecule has 3 aromatic rings. The lowest BCUT2D eigenvalue weighted by molar-refractivity contribution is 0.790. The van der Waals surface area contributed by atoms with Crippen molar-refractivity contribution in [3.63, 3.8) is 0 Å². The minimum absolute atomic E-state index is 0.538. The zero-order chi connectivity index (χ0) is 13.5. The maximum Gasteiger partial charge on any atom is 0.157 e. The molecule has 1 aromatic carbocycles. The highest BCUT2D eigenvalue weighted by Crippen LogP contribution is 2.50. The van der Waals surface area contributed by atoms with Crippen LogP contribution in [-0.4, -0.2) is 14.6 Å². The van der Waals surface area contributed by atoms with Gasteiger partial charge in [-0.1, -0.05) is 41.9 Å². The standard InChI is InChI=1S/C16H14ClN3/c17-15-10-14(16-18-6-7-20(16)19-15)13-9-12(13)8-11-4-2-1-3-5-11/h1-7,10,12-13H,8-9H2/t12-,13?/m0/s1. The normalized spacial score (nSPS) is 21.2. The van der Waals surface area contributed by atoms with Crippen LogP contribution in [0.2, 0.25) is 5.15 Å². The Morgan fingerprint density at radius 3 is 2.95 bits per heavy atom. The highest BCUT2D eigenvalue weighted by molar-refractivity contribution is 6.29. The van der Waals surface area contributed by atoms with Crippen LogP contribution in [0.4, 0.5) is 0 Å². The molecule has 0 aliphatic heterocycles. The van der Waals surface area contributed by atoms with Gasteiger partial charge in [0.15, 0.2) is 5.65 Å². The first-order chi connectivity index (χ1) is 9.81. The molecule has 100 valence electrons. The van der Waals surface area contributed by atoms with E-state index >= 15 is 0 Å². The molecule has 1 fully saturated rings. The number of aromatic nitrogens is 3. The molecule has 20 heavy (non-hydrogen) atoms. The zero-order valence-electron chi connectivity index (χ0n) is 10.9. The van der Waals surface area contributed by atoms with Crippen LogP contribution in [-0.2, 0) is 6.42 Å². The van der Waals surface area contributed by atoms with E-state index < -0.39 is 0 Å². The van der Waals surface area contributed by atoms with E-state index in [1.165, 1.54) is 17.5 Å². The molecule has 0 radical (unpaired) electrons.